The SMILES string of the molecule is CCC(C)n1nccc1N1CC(Cl)CC1=O. The molecule has 0 aromatic carbocycles. The van der Waals surface area contributed by atoms with E-state index in [-0.39, 0.29) is 11.3 Å². The van der Waals surface area contributed by atoms with Gasteiger partial charge in [0.15, 0.2) is 0 Å². The summed E-state index contributed by atoms with van der Waals surface area (Å²) in [5, 5.41) is 4.19. The number of alkyl halides is 1. The molecule has 1 amide bonds. The number of nitrogens with zero attached hydrogens (tertiary/aromatic N) is 3. The normalized spacial score (nSPS) is 22.8. The van der Waals surface area contributed by atoms with Gasteiger partial charge < -0.3 is 0 Å². The van der Waals surface area contributed by atoms with Crippen molar-refractivity contribution < 1.29 is 4.79 Å². The molecule has 1 aromatic rings. The maximum absolute atomic E-state index is 11.7. The second-order valence-electron chi connectivity index (χ2n) is 4.20. The Morgan fingerprint density at radius 2 is 2.44 bits per heavy atom. The Balaban J connectivity index is 2.27. The van der Waals surface area contributed by atoms with Crippen molar-refractivity contribution in [2.45, 2.75) is 38.1 Å². The van der Waals surface area contributed by atoms with Gasteiger partial charge in [0.25, 0.3) is 0 Å². The van der Waals surface area contributed by atoms with E-state index in [0.29, 0.717) is 19.0 Å². The van der Waals surface area contributed by atoms with Crippen LogP contribution in [0.1, 0.15) is 32.7 Å². The van der Waals surface area contributed by atoms with Crippen LogP contribution in [0.2, 0.25) is 0 Å². The predicted molar refractivity (Wildman–Crippen MR) is 63.8 cm³/mol. The maximum Gasteiger partial charge on any atom is 0.229 e. The van der Waals surface area contributed by atoms with Crippen LogP contribution in [0.15, 0.2) is 12.3 Å². The summed E-state index contributed by atoms with van der Waals surface area (Å²) in [4.78, 5) is 13.5. The van der Waals surface area contributed by atoms with Crippen LogP contribution in [0.5, 0.6) is 0 Å². The van der Waals surface area contributed by atoms with Gasteiger partial charge in [-0.05, 0) is 13.3 Å². The first-order chi connectivity index (χ1) is 7.63. The minimum atomic E-state index is -0.0761. The minimum Gasteiger partial charge on any atom is -0.295 e. The molecule has 0 spiro atoms. The van der Waals surface area contributed by atoms with Crippen LogP contribution in [0.4, 0.5) is 5.82 Å². The standard InChI is InChI=1S/C11H16ClN3O/c1-3-8(2)15-10(4-5-13-15)14-7-9(12)6-11(14)16/h4-5,8-9H,3,6-7H2,1-2H3. The summed E-state index contributed by atoms with van der Waals surface area (Å²) in [7, 11) is 0. The third kappa shape index (κ3) is 1.94. The van der Waals surface area contributed by atoms with Gasteiger partial charge in [-0.3, -0.25) is 9.69 Å². The zero-order chi connectivity index (χ0) is 11.7. The molecule has 2 heterocycles. The van der Waals surface area contributed by atoms with Crippen molar-refractivity contribution in [2.75, 3.05) is 11.4 Å². The number of hydrogen-bond donors (Lipinski definition) is 0. The topological polar surface area (TPSA) is 38.1 Å². The first-order valence-electron chi connectivity index (χ1n) is 5.61. The number of rotatable bonds is 3. The summed E-state index contributed by atoms with van der Waals surface area (Å²) in [5.41, 5.74) is 0. The van der Waals surface area contributed by atoms with E-state index in [1.54, 1.807) is 11.1 Å². The van der Waals surface area contributed by atoms with Crippen molar-refractivity contribution in [3.05, 3.63) is 12.3 Å². The van der Waals surface area contributed by atoms with E-state index in [0.717, 1.165) is 12.2 Å². The van der Waals surface area contributed by atoms with Gasteiger partial charge in [-0.15, -0.1) is 11.6 Å². The fraction of sp³-hybridized carbons (Fsp3) is 0.636. The summed E-state index contributed by atoms with van der Waals surface area (Å²) in [6.45, 7) is 4.78. The molecule has 1 aliphatic heterocycles. The van der Waals surface area contributed by atoms with Gasteiger partial charge in [-0.1, -0.05) is 6.92 Å². The summed E-state index contributed by atoms with van der Waals surface area (Å²) in [6, 6.07) is 2.17. The average molecular weight is 242 g/mol. The van der Waals surface area contributed by atoms with E-state index < -0.39 is 0 Å². The van der Waals surface area contributed by atoms with Crippen molar-refractivity contribution in [3.63, 3.8) is 0 Å². The largest absolute Gasteiger partial charge is 0.295 e. The number of carbonyl (C=O) groups excluding carboxylic acids is 1. The molecule has 1 saturated heterocycles. The number of halogens is 1. The summed E-state index contributed by atoms with van der Waals surface area (Å²) < 4.78 is 1.90. The Hall–Kier alpha value is -1.03. The maximum atomic E-state index is 11.7. The molecular weight excluding hydrogens is 226 g/mol. The van der Waals surface area contributed by atoms with E-state index in [4.69, 9.17) is 11.6 Å². The number of amides is 1. The average Bonchev–Trinajstić information content (AvgIpc) is 2.83. The second-order valence-corrected chi connectivity index (χ2v) is 4.81. The number of anilines is 1. The van der Waals surface area contributed by atoms with E-state index in [1.165, 1.54) is 0 Å². The molecule has 2 rings (SSSR count). The Morgan fingerprint density at radius 1 is 1.69 bits per heavy atom. The highest BCUT2D eigenvalue weighted by Crippen LogP contribution is 2.26. The first-order valence-corrected chi connectivity index (χ1v) is 6.05. The number of carbonyl (C=O) groups is 1. The molecule has 5 heteroatoms. The Bertz CT molecular complexity index is 390. The van der Waals surface area contributed by atoms with Crippen molar-refractivity contribution in [1.82, 2.24) is 9.78 Å². The van der Waals surface area contributed by atoms with Gasteiger partial charge in [-0.2, -0.15) is 5.10 Å². The molecule has 0 N–H and O–H groups in total. The zero-order valence-electron chi connectivity index (χ0n) is 9.56. The number of aromatic nitrogens is 2. The van der Waals surface area contributed by atoms with E-state index in [9.17, 15) is 4.79 Å². The van der Waals surface area contributed by atoms with Gasteiger partial charge >= 0.3 is 0 Å². The van der Waals surface area contributed by atoms with E-state index in [2.05, 4.69) is 18.9 Å². The van der Waals surface area contributed by atoms with Crippen LogP contribution >= 0.6 is 11.6 Å². The van der Waals surface area contributed by atoms with Gasteiger partial charge in [0.05, 0.1) is 17.6 Å². The molecule has 16 heavy (non-hydrogen) atoms. The second kappa shape index (κ2) is 4.45. The van der Waals surface area contributed by atoms with Crippen LogP contribution in [0, 0.1) is 0 Å². The van der Waals surface area contributed by atoms with Crippen molar-refractivity contribution in [3.8, 4) is 0 Å². The van der Waals surface area contributed by atoms with Crippen molar-refractivity contribution in [1.29, 1.82) is 0 Å². The van der Waals surface area contributed by atoms with Gasteiger partial charge in [0.1, 0.15) is 5.82 Å². The molecule has 88 valence electrons. The van der Waals surface area contributed by atoms with E-state index >= 15 is 0 Å². The Kier molecular flexibility index (Phi) is 3.19. The van der Waals surface area contributed by atoms with Crippen molar-refractivity contribution in [2.24, 2.45) is 0 Å². The smallest absolute Gasteiger partial charge is 0.229 e. The molecule has 2 atom stereocenters. The lowest BCUT2D eigenvalue weighted by Gasteiger charge is -2.20. The van der Waals surface area contributed by atoms with E-state index in [1.807, 2.05) is 10.7 Å². The Morgan fingerprint density at radius 3 is 3.00 bits per heavy atom. The quantitative estimate of drug-likeness (QED) is 0.761. The third-order valence-corrected chi connectivity index (χ3v) is 3.30. The monoisotopic (exact) mass is 241 g/mol. The molecule has 4 nitrogen and oxygen atoms in total. The molecule has 1 fully saturated rings. The Labute approximate surface area is 100 Å². The van der Waals surface area contributed by atoms with Crippen molar-refractivity contribution >= 4 is 23.3 Å². The van der Waals surface area contributed by atoms with Crippen LogP contribution < -0.4 is 4.90 Å². The molecular formula is C11H16ClN3O. The molecule has 0 aliphatic carbocycles. The van der Waals surface area contributed by atoms with Crippen LogP contribution in [-0.2, 0) is 4.79 Å². The van der Waals surface area contributed by atoms with Gasteiger partial charge in [0.2, 0.25) is 5.91 Å². The zero-order valence-corrected chi connectivity index (χ0v) is 10.3. The van der Waals surface area contributed by atoms with Crippen LogP contribution in [0.3, 0.4) is 0 Å². The summed E-state index contributed by atoms with van der Waals surface area (Å²) in [6.07, 6.45) is 3.14. The molecule has 0 bridgehead atoms. The third-order valence-electron chi connectivity index (χ3n) is 3.01. The number of hydrogen-bond acceptors (Lipinski definition) is 2. The van der Waals surface area contributed by atoms with Gasteiger partial charge in [0, 0.05) is 19.0 Å². The molecule has 0 radical (unpaired) electrons. The van der Waals surface area contributed by atoms with Gasteiger partial charge in [-0.25, -0.2) is 4.68 Å². The highest BCUT2D eigenvalue weighted by molar-refractivity contribution is 6.24. The highest BCUT2D eigenvalue weighted by Gasteiger charge is 2.31. The molecule has 2 unspecified atom stereocenters. The lowest BCUT2D eigenvalue weighted by atomic mass is 10.3. The summed E-state index contributed by atoms with van der Waals surface area (Å²) in [5.74, 6) is 0.951. The highest BCUT2D eigenvalue weighted by atomic mass is 35.5. The predicted octanol–water partition coefficient (Wildman–Crippen LogP) is 2.20. The van der Waals surface area contributed by atoms with Crippen LogP contribution in [0.25, 0.3) is 0 Å². The summed E-state index contributed by atoms with van der Waals surface area (Å²) >= 11 is 5.99. The lowest BCUT2D eigenvalue weighted by molar-refractivity contribution is -0.117. The first kappa shape index (κ1) is 11.5. The fourth-order valence-electron chi connectivity index (χ4n) is 1.92. The molecule has 0 saturated carbocycles. The minimum absolute atomic E-state index is 0.0761. The van der Waals surface area contributed by atoms with Crippen LogP contribution in [-0.4, -0.2) is 27.6 Å². The molecule has 1 aromatic heterocycles. The fourth-order valence-corrected chi connectivity index (χ4v) is 2.19. The lowest BCUT2D eigenvalue weighted by Crippen LogP contribution is -2.28. The molecule has 1 aliphatic rings.